The van der Waals surface area contributed by atoms with Crippen molar-refractivity contribution in [2.75, 3.05) is 6.54 Å². The Morgan fingerprint density at radius 3 is 3.04 bits per heavy atom. The highest BCUT2D eigenvalue weighted by Crippen LogP contribution is 2.29. The maximum absolute atomic E-state index is 10.7. The molecular formula is C19H22N2OS. The third kappa shape index (κ3) is 2.82. The molecule has 1 aromatic carbocycles. The summed E-state index contributed by atoms with van der Waals surface area (Å²) in [6.45, 7) is 2.48. The Bertz CT molecular complexity index is 804. The van der Waals surface area contributed by atoms with E-state index in [-0.39, 0.29) is 0 Å². The number of para-hydroxylation sites is 1. The summed E-state index contributed by atoms with van der Waals surface area (Å²) in [6, 6.07) is 11.0. The summed E-state index contributed by atoms with van der Waals surface area (Å²) in [6.07, 6.45) is 3.21. The van der Waals surface area contributed by atoms with Crippen LogP contribution in [0.1, 0.15) is 30.2 Å². The molecule has 1 aliphatic carbocycles. The molecule has 0 fully saturated rings. The van der Waals surface area contributed by atoms with Crippen LogP contribution in [0.2, 0.25) is 0 Å². The largest absolute Gasteiger partial charge is 0.384 e. The van der Waals surface area contributed by atoms with Crippen molar-refractivity contribution < 1.29 is 5.11 Å². The topological polar surface area (TPSA) is 48.0 Å². The number of hydrogen-bond donors (Lipinski definition) is 3. The Balaban J connectivity index is 1.48. The minimum atomic E-state index is -0.805. The molecule has 4 rings (SSSR count). The maximum atomic E-state index is 10.7. The summed E-state index contributed by atoms with van der Waals surface area (Å²) in [4.78, 5) is 3.56. The predicted octanol–water partition coefficient (Wildman–Crippen LogP) is 3.58. The Morgan fingerprint density at radius 2 is 2.22 bits per heavy atom. The molecule has 120 valence electrons. The van der Waals surface area contributed by atoms with Gasteiger partial charge in [-0.15, -0.1) is 0 Å². The van der Waals surface area contributed by atoms with Gasteiger partial charge in [0.05, 0.1) is 5.60 Å². The van der Waals surface area contributed by atoms with Crippen LogP contribution in [0.4, 0.5) is 0 Å². The normalized spacial score (nSPS) is 20.3. The molecular weight excluding hydrogens is 304 g/mol. The molecule has 0 spiro atoms. The van der Waals surface area contributed by atoms with Gasteiger partial charge in [-0.05, 0) is 60.2 Å². The molecule has 0 bridgehead atoms. The molecule has 0 amide bonds. The third-order valence-electron chi connectivity index (χ3n) is 4.97. The number of aromatic amines is 1. The number of aryl methyl sites for hydroxylation is 1. The van der Waals surface area contributed by atoms with Crippen molar-refractivity contribution in [1.29, 1.82) is 0 Å². The van der Waals surface area contributed by atoms with Crippen LogP contribution in [-0.4, -0.2) is 22.7 Å². The lowest BCUT2D eigenvalue weighted by atomic mass is 9.90. The van der Waals surface area contributed by atoms with Crippen molar-refractivity contribution in [2.45, 2.75) is 37.8 Å². The first-order valence-corrected chi connectivity index (χ1v) is 9.15. The van der Waals surface area contributed by atoms with Crippen LogP contribution < -0.4 is 5.32 Å². The summed E-state index contributed by atoms with van der Waals surface area (Å²) >= 11 is 1.63. The number of aromatic nitrogens is 1. The summed E-state index contributed by atoms with van der Waals surface area (Å²) in [5, 5.41) is 19.6. The maximum Gasteiger partial charge on any atom is 0.1000 e. The standard InChI is InChI=1S/C19H22N2OS/c1-19(22,13-8-9-23-11-13)12-20-14-6-7-18-16(10-14)15-4-2-3-5-17(15)21-18/h2-5,8-9,11,14,20-22H,6-7,10,12H2,1H3. The van der Waals surface area contributed by atoms with E-state index in [1.807, 2.05) is 23.8 Å². The van der Waals surface area contributed by atoms with Gasteiger partial charge in [-0.1, -0.05) is 18.2 Å². The zero-order valence-electron chi connectivity index (χ0n) is 13.3. The van der Waals surface area contributed by atoms with Gasteiger partial charge < -0.3 is 15.4 Å². The number of rotatable bonds is 4. The lowest BCUT2D eigenvalue weighted by Crippen LogP contribution is -2.43. The van der Waals surface area contributed by atoms with E-state index in [1.165, 1.54) is 22.2 Å². The number of thiophene rings is 1. The van der Waals surface area contributed by atoms with Crippen molar-refractivity contribution in [2.24, 2.45) is 0 Å². The Labute approximate surface area is 140 Å². The van der Waals surface area contributed by atoms with E-state index < -0.39 is 5.60 Å². The molecule has 0 saturated carbocycles. The molecule has 3 nitrogen and oxygen atoms in total. The summed E-state index contributed by atoms with van der Waals surface area (Å²) in [5.41, 5.74) is 4.26. The second-order valence-electron chi connectivity index (χ2n) is 6.73. The molecule has 3 N–H and O–H groups in total. The molecule has 3 aromatic rings. The average molecular weight is 326 g/mol. The van der Waals surface area contributed by atoms with Gasteiger partial charge in [-0.25, -0.2) is 0 Å². The van der Waals surface area contributed by atoms with Gasteiger partial charge in [0, 0.05) is 29.2 Å². The fourth-order valence-corrected chi connectivity index (χ4v) is 4.34. The quantitative estimate of drug-likeness (QED) is 0.686. The second-order valence-corrected chi connectivity index (χ2v) is 7.51. The lowest BCUT2D eigenvalue weighted by molar-refractivity contribution is 0.0537. The first-order chi connectivity index (χ1) is 11.1. The van der Waals surface area contributed by atoms with Crippen molar-refractivity contribution in [3.63, 3.8) is 0 Å². The van der Waals surface area contributed by atoms with Crippen LogP contribution in [0.15, 0.2) is 41.1 Å². The molecule has 23 heavy (non-hydrogen) atoms. The average Bonchev–Trinajstić information content (AvgIpc) is 3.21. The van der Waals surface area contributed by atoms with Crippen molar-refractivity contribution >= 4 is 22.2 Å². The summed E-state index contributed by atoms with van der Waals surface area (Å²) in [7, 11) is 0. The smallest absolute Gasteiger partial charge is 0.1000 e. The zero-order valence-corrected chi connectivity index (χ0v) is 14.1. The first kappa shape index (κ1) is 14.9. The van der Waals surface area contributed by atoms with E-state index in [0.29, 0.717) is 12.6 Å². The van der Waals surface area contributed by atoms with Gasteiger partial charge in [0.15, 0.2) is 0 Å². The second kappa shape index (κ2) is 5.78. The third-order valence-corrected chi connectivity index (χ3v) is 5.66. The van der Waals surface area contributed by atoms with Gasteiger partial charge in [-0.3, -0.25) is 0 Å². The van der Waals surface area contributed by atoms with Crippen molar-refractivity contribution in [3.8, 4) is 0 Å². The van der Waals surface area contributed by atoms with E-state index >= 15 is 0 Å². The number of aliphatic hydroxyl groups is 1. The molecule has 2 atom stereocenters. The number of hydrogen-bond acceptors (Lipinski definition) is 3. The van der Waals surface area contributed by atoms with Crippen molar-refractivity contribution in [3.05, 3.63) is 57.9 Å². The van der Waals surface area contributed by atoms with Crippen LogP contribution in [-0.2, 0) is 18.4 Å². The van der Waals surface area contributed by atoms with Gasteiger partial charge in [0.2, 0.25) is 0 Å². The molecule has 1 aliphatic rings. The van der Waals surface area contributed by atoms with Crippen LogP contribution in [0, 0.1) is 0 Å². The van der Waals surface area contributed by atoms with Gasteiger partial charge >= 0.3 is 0 Å². The highest BCUT2D eigenvalue weighted by molar-refractivity contribution is 7.08. The lowest BCUT2D eigenvalue weighted by Gasteiger charge is -2.29. The van der Waals surface area contributed by atoms with E-state index in [4.69, 9.17) is 0 Å². The van der Waals surface area contributed by atoms with Gasteiger partial charge in [0.25, 0.3) is 0 Å². The van der Waals surface area contributed by atoms with E-state index in [1.54, 1.807) is 11.3 Å². The van der Waals surface area contributed by atoms with Gasteiger partial charge in [0.1, 0.15) is 0 Å². The van der Waals surface area contributed by atoms with Crippen LogP contribution in [0.3, 0.4) is 0 Å². The van der Waals surface area contributed by atoms with E-state index in [2.05, 4.69) is 34.6 Å². The highest BCUT2D eigenvalue weighted by atomic mass is 32.1. The minimum absolute atomic E-state index is 0.423. The monoisotopic (exact) mass is 326 g/mol. The molecule has 0 saturated heterocycles. The summed E-state index contributed by atoms with van der Waals surface area (Å²) in [5.74, 6) is 0. The minimum Gasteiger partial charge on any atom is -0.384 e. The van der Waals surface area contributed by atoms with E-state index in [0.717, 1.165) is 24.8 Å². The Hall–Kier alpha value is -1.62. The number of H-pyrrole nitrogens is 1. The molecule has 0 radical (unpaired) electrons. The highest BCUT2D eigenvalue weighted by Gasteiger charge is 2.27. The fourth-order valence-electron chi connectivity index (χ4n) is 3.56. The fraction of sp³-hybridized carbons (Fsp3) is 0.368. The molecule has 4 heteroatoms. The summed E-state index contributed by atoms with van der Waals surface area (Å²) < 4.78 is 0. The van der Waals surface area contributed by atoms with Gasteiger partial charge in [-0.2, -0.15) is 11.3 Å². The first-order valence-electron chi connectivity index (χ1n) is 8.20. The Kier molecular flexibility index (Phi) is 3.76. The number of fused-ring (bicyclic) bond motifs is 3. The molecule has 2 unspecified atom stereocenters. The number of nitrogens with one attached hydrogen (secondary N) is 2. The predicted molar refractivity (Wildman–Crippen MR) is 96.0 cm³/mol. The molecule has 0 aliphatic heterocycles. The Morgan fingerprint density at radius 1 is 1.35 bits per heavy atom. The van der Waals surface area contributed by atoms with E-state index in [9.17, 15) is 5.11 Å². The molecule has 2 aromatic heterocycles. The van der Waals surface area contributed by atoms with Crippen LogP contribution in [0.25, 0.3) is 10.9 Å². The van der Waals surface area contributed by atoms with Crippen LogP contribution >= 0.6 is 11.3 Å². The molecule has 2 heterocycles. The van der Waals surface area contributed by atoms with Crippen LogP contribution in [0.5, 0.6) is 0 Å². The SMILES string of the molecule is CC(O)(CNC1CCc2[nH]c3ccccc3c2C1)c1ccsc1. The zero-order chi connectivity index (χ0) is 15.9. The number of benzene rings is 1. The van der Waals surface area contributed by atoms with Crippen molar-refractivity contribution in [1.82, 2.24) is 10.3 Å².